The van der Waals surface area contributed by atoms with E-state index >= 15 is 0 Å². The Morgan fingerprint density at radius 1 is 1.19 bits per heavy atom. The van der Waals surface area contributed by atoms with E-state index in [0.29, 0.717) is 6.04 Å². The third-order valence-corrected chi connectivity index (χ3v) is 3.21. The van der Waals surface area contributed by atoms with E-state index in [4.69, 9.17) is 0 Å². The average molecular weight is 222 g/mol. The summed E-state index contributed by atoms with van der Waals surface area (Å²) < 4.78 is 12.9. The maximum absolute atomic E-state index is 12.9. The number of halogens is 1. The smallest absolute Gasteiger partial charge is 0.141 e. The fourth-order valence-electron chi connectivity index (χ4n) is 2.30. The Kier molecular flexibility index (Phi) is 4.28. The lowest BCUT2D eigenvalue weighted by Crippen LogP contribution is -2.27. The average Bonchev–Trinajstić information content (AvgIpc) is 2.55. The molecule has 0 aliphatic heterocycles. The van der Waals surface area contributed by atoms with Crippen molar-refractivity contribution in [3.63, 3.8) is 0 Å². The van der Waals surface area contributed by atoms with Gasteiger partial charge in [-0.15, -0.1) is 0 Å². The van der Waals surface area contributed by atoms with Crippen LogP contribution in [0.3, 0.4) is 0 Å². The lowest BCUT2D eigenvalue weighted by Gasteiger charge is -2.15. The maximum atomic E-state index is 12.9. The molecular formula is C13H19FN2. The predicted molar refractivity (Wildman–Crippen MR) is 62.5 cm³/mol. The lowest BCUT2D eigenvalue weighted by atomic mass is 10.1. The molecule has 0 unspecified atom stereocenters. The van der Waals surface area contributed by atoms with Gasteiger partial charge in [-0.05, 0) is 24.5 Å². The maximum Gasteiger partial charge on any atom is 0.141 e. The van der Waals surface area contributed by atoms with E-state index in [1.165, 1.54) is 44.7 Å². The van der Waals surface area contributed by atoms with E-state index in [1.54, 1.807) is 12.3 Å². The SMILES string of the molecule is Fc1cncc(CNC2CCCCCC2)c1. The molecular weight excluding hydrogens is 203 g/mol. The molecule has 1 aromatic heterocycles. The first-order valence-electron chi connectivity index (χ1n) is 6.17. The van der Waals surface area contributed by atoms with Crippen molar-refractivity contribution >= 4 is 0 Å². The summed E-state index contributed by atoms with van der Waals surface area (Å²) in [6.45, 7) is 0.732. The predicted octanol–water partition coefficient (Wildman–Crippen LogP) is 3.03. The summed E-state index contributed by atoms with van der Waals surface area (Å²) in [6, 6.07) is 2.15. The van der Waals surface area contributed by atoms with E-state index in [-0.39, 0.29) is 5.82 Å². The number of nitrogens with zero attached hydrogens (tertiary/aromatic N) is 1. The molecule has 1 heterocycles. The van der Waals surface area contributed by atoms with Gasteiger partial charge in [-0.1, -0.05) is 25.7 Å². The zero-order valence-corrected chi connectivity index (χ0v) is 9.58. The van der Waals surface area contributed by atoms with Crippen LogP contribution in [0.5, 0.6) is 0 Å². The number of nitrogens with one attached hydrogen (secondary N) is 1. The molecule has 0 amide bonds. The normalized spacial score (nSPS) is 18.3. The Morgan fingerprint density at radius 2 is 1.94 bits per heavy atom. The van der Waals surface area contributed by atoms with Crippen molar-refractivity contribution in [2.24, 2.45) is 0 Å². The first-order valence-corrected chi connectivity index (χ1v) is 6.17. The van der Waals surface area contributed by atoms with E-state index in [0.717, 1.165) is 12.1 Å². The van der Waals surface area contributed by atoms with Gasteiger partial charge < -0.3 is 5.32 Å². The Balaban J connectivity index is 1.81. The highest BCUT2D eigenvalue weighted by molar-refractivity contribution is 5.09. The Labute approximate surface area is 96.3 Å². The molecule has 1 aliphatic rings. The number of pyridine rings is 1. The standard InChI is InChI=1S/C13H19FN2/c14-12-7-11(8-15-10-12)9-16-13-5-3-1-2-4-6-13/h7-8,10,13,16H,1-6,9H2. The quantitative estimate of drug-likeness (QED) is 0.795. The largest absolute Gasteiger partial charge is 0.310 e. The molecule has 1 N–H and O–H groups in total. The fraction of sp³-hybridized carbons (Fsp3) is 0.615. The number of aromatic nitrogens is 1. The van der Waals surface area contributed by atoms with Crippen molar-refractivity contribution in [1.82, 2.24) is 10.3 Å². The van der Waals surface area contributed by atoms with Crippen LogP contribution in [0, 0.1) is 5.82 Å². The van der Waals surface area contributed by atoms with Crippen LogP contribution in [-0.2, 0) is 6.54 Å². The van der Waals surface area contributed by atoms with Gasteiger partial charge in [-0.3, -0.25) is 4.98 Å². The first kappa shape index (κ1) is 11.5. The summed E-state index contributed by atoms with van der Waals surface area (Å²) in [7, 11) is 0. The van der Waals surface area contributed by atoms with Crippen molar-refractivity contribution in [1.29, 1.82) is 0 Å². The molecule has 3 heteroatoms. The molecule has 16 heavy (non-hydrogen) atoms. The van der Waals surface area contributed by atoms with Crippen LogP contribution in [0.4, 0.5) is 4.39 Å². The van der Waals surface area contributed by atoms with Gasteiger partial charge in [0, 0.05) is 18.8 Å². The molecule has 0 bridgehead atoms. The van der Waals surface area contributed by atoms with Crippen LogP contribution in [-0.4, -0.2) is 11.0 Å². The monoisotopic (exact) mass is 222 g/mol. The van der Waals surface area contributed by atoms with Crippen molar-refractivity contribution in [3.8, 4) is 0 Å². The van der Waals surface area contributed by atoms with Gasteiger partial charge in [0.15, 0.2) is 0 Å². The molecule has 0 saturated heterocycles. The van der Waals surface area contributed by atoms with Gasteiger partial charge in [0.2, 0.25) is 0 Å². The summed E-state index contributed by atoms with van der Waals surface area (Å²) >= 11 is 0. The molecule has 1 fully saturated rings. The fourth-order valence-corrected chi connectivity index (χ4v) is 2.30. The molecule has 0 spiro atoms. The van der Waals surface area contributed by atoms with E-state index in [1.807, 2.05) is 0 Å². The molecule has 0 aromatic carbocycles. The molecule has 1 aliphatic carbocycles. The zero-order chi connectivity index (χ0) is 11.2. The van der Waals surface area contributed by atoms with E-state index < -0.39 is 0 Å². The minimum absolute atomic E-state index is 0.250. The number of hydrogen-bond acceptors (Lipinski definition) is 2. The molecule has 1 aromatic rings. The van der Waals surface area contributed by atoms with Crippen LogP contribution in [0.1, 0.15) is 44.1 Å². The minimum atomic E-state index is -0.250. The molecule has 1 saturated carbocycles. The summed E-state index contributed by atoms with van der Waals surface area (Å²) in [4.78, 5) is 3.85. The van der Waals surface area contributed by atoms with Crippen molar-refractivity contribution in [3.05, 3.63) is 29.8 Å². The van der Waals surface area contributed by atoms with Crippen LogP contribution in [0.25, 0.3) is 0 Å². The number of hydrogen-bond donors (Lipinski definition) is 1. The number of rotatable bonds is 3. The van der Waals surface area contributed by atoms with Crippen LogP contribution >= 0.6 is 0 Å². The molecule has 0 atom stereocenters. The topological polar surface area (TPSA) is 24.9 Å². The Hall–Kier alpha value is -0.960. The van der Waals surface area contributed by atoms with Crippen molar-refractivity contribution in [2.75, 3.05) is 0 Å². The van der Waals surface area contributed by atoms with Crippen LogP contribution in [0.2, 0.25) is 0 Å². The summed E-state index contributed by atoms with van der Waals surface area (Å²) in [6.07, 6.45) is 10.8. The third-order valence-electron chi connectivity index (χ3n) is 3.21. The molecule has 88 valence electrons. The van der Waals surface area contributed by atoms with Gasteiger partial charge in [-0.25, -0.2) is 4.39 Å². The zero-order valence-electron chi connectivity index (χ0n) is 9.58. The Bertz CT molecular complexity index is 319. The summed E-state index contributed by atoms with van der Waals surface area (Å²) in [5, 5.41) is 3.50. The molecule has 2 nitrogen and oxygen atoms in total. The van der Waals surface area contributed by atoms with Crippen molar-refractivity contribution in [2.45, 2.75) is 51.1 Å². The third kappa shape index (κ3) is 3.56. The lowest BCUT2D eigenvalue weighted by molar-refractivity contribution is 0.458. The van der Waals surface area contributed by atoms with E-state index in [9.17, 15) is 4.39 Å². The van der Waals surface area contributed by atoms with E-state index in [2.05, 4.69) is 10.3 Å². The highest BCUT2D eigenvalue weighted by Crippen LogP contribution is 2.17. The van der Waals surface area contributed by atoms with Gasteiger partial charge >= 0.3 is 0 Å². The van der Waals surface area contributed by atoms with Gasteiger partial charge in [0.1, 0.15) is 5.82 Å². The van der Waals surface area contributed by atoms with Crippen molar-refractivity contribution < 1.29 is 4.39 Å². The highest BCUT2D eigenvalue weighted by atomic mass is 19.1. The van der Waals surface area contributed by atoms with Crippen LogP contribution < -0.4 is 5.32 Å². The second-order valence-electron chi connectivity index (χ2n) is 4.58. The second-order valence-corrected chi connectivity index (χ2v) is 4.58. The molecule has 0 radical (unpaired) electrons. The summed E-state index contributed by atoms with van der Waals surface area (Å²) in [5.74, 6) is -0.250. The van der Waals surface area contributed by atoms with Gasteiger partial charge in [-0.2, -0.15) is 0 Å². The highest BCUT2D eigenvalue weighted by Gasteiger charge is 2.11. The summed E-state index contributed by atoms with van der Waals surface area (Å²) in [5.41, 5.74) is 0.934. The Morgan fingerprint density at radius 3 is 2.62 bits per heavy atom. The van der Waals surface area contributed by atoms with Crippen LogP contribution in [0.15, 0.2) is 18.5 Å². The minimum Gasteiger partial charge on any atom is -0.310 e. The van der Waals surface area contributed by atoms with Gasteiger partial charge in [0.05, 0.1) is 6.20 Å². The second kappa shape index (κ2) is 5.94. The molecule has 2 rings (SSSR count). The van der Waals surface area contributed by atoms with Gasteiger partial charge in [0.25, 0.3) is 0 Å². The first-order chi connectivity index (χ1) is 7.84.